The molecular formula is C17H25N3O5S. The summed E-state index contributed by atoms with van der Waals surface area (Å²) >= 11 is 0. The lowest BCUT2D eigenvalue weighted by Crippen LogP contribution is -2.41. The van der Waals surface area contributed by atoms with Gasteiger partial charge in [-0.15, -0.1) is 0 Å². The van der Waals surface area contributed by atoms with Crippen LogP contribution in [0.2, 0.25) is 0 Å². The number of hydrogen-bond acceptors (Lipinski definition) is 5. The van der Waals surface area contributed by atoms with Gasteiger partial charge in [0.25, 0.3) is 5.91 Å². The van der Waals surface area contributed by atoms with Crippen LogP contribution >= 0.6 is 0 Å². The van der Waals surface area contributed by atoms with Gasteiger partial charge in [-0.3, -0.25) is 9.59 Å². The molecule has 26 heavy (non-hydrogen) atoms. The molecule has 1 aliphatic rings. The van der Waals surface area contributed by atoms with Crippen molar-refractivity contribution in [2.45, 2.75) is 25.2 Å². The molecule has 1 saturated heterocycles. The van der Waals surface area contributed by atoms with E-state index < -0.39 is 15.9 Å². The summed E-state index contributed by atoms with van der Waals surface area (Å²) in [4.78, 5) is 24.0. The van der Waals surface area contributed by atoms with Crippen LogP contribution in [-0.2, 0) is 19.6 Å². The summed E-state index contributed by atoms with van der Waals surface area (Å²) in [5.41, 5.74) is 0.763. The SMILES string of the molecule is CCCNC(=O)CNC(=O)c1ccc(C)c(S(=O)(=O)N2CCOCC2)c1. The first-order valence-electron chi connectivity index (χ1n) is 8.59. The zero-order valence-electron chi connectivity index (χ0n) is 15.1. The number of hydrogen-bond donors (Lipinski definition) is 2. The Balaban J connectivity index is 2.13. The number of nitrogens with one attached hydrogen (secondary N) is 2. The van der Waals surface area contributed by atoms with Crippen LogP contribution in [-0.4, -0.2) is 63.9 Å². The summed E-state index contributed by atoms with van der Waals surface area (Å²) in [5, 5.41) is 5.16. The standard InChI is InChI=1S/C17H25N3O5S/c1-3-6-18-16(21)12-19-17(22)14-5-4-13(2)15(11-14)26(23,24)20-7-9-25-10-8-20/h4-5,11H,3,6-10,12H2,1-2H3,(H,18,21)(H,19,22). The Bertz CT molecular complexity index is 758. The molecular weight excluding hydrogens is 358 g/mol. The van der Waals surface area contributed by atoms with Crippen LogP contribution in [0.3, 0.4) is 0 Å². The molecule has 1 heterocycles. The fourth-order valence-electron chi connectivity index (χ4n) is 2.53. The summed E-state index contributed by atoms with van der Waals surface area (Å²) in [7, 11) is -3.70. The first kappa shape index (κ1) is 20.3. The van der Waals surface area contributed by atoms with Gasteiger partial charge in [-0.05, 0) is 31.0 Å². The fraction of sp³-hybridized carbons (Fsp3) is 0.529. The Labute approximate surface area is 153 Å². The van der Waals surface area contributed by atoms with Gasteiger partial charge in [0, 0.05) is 25.2 Å². The second-order valence-corrected chi connectivity index (χ2v) is 7.94. The lowest BCUT2D eigenvalue weighted by atomic mass is 10.1. The van der Waals surface area contributed by atoms with E-state index in [-0.39, 0.29) is 36.0 Å². The first-order chi connectivity index (χ1) is 12.4. The first-order valence-corrected chi connectivity index (χ1v) is 10.0. The second kappa shape index (κ2) is 9.11. The zero-order chi connectivity index (χ0) is 19.2. The van der Waals surface area contributed by atoms with Crippen LogP contribution in [0.4, 0.5) is 0 Å². The number of sulfonamides is 1. The largest absolute Gasteiger partial charge is 0.379 e. The van der Waals surface area contributed by atoms with Crippen molar-refractivity contribution in [1.29, 1.82) is 0 Å². The van der Waals surface area contributed by atoms with E-state index in [1.54, 1.807) is 19.1 Å². The Hall–Kier alpha value is -1.97. The topological polar surface area (TPSA) is 105 Å². The molecule has 0 atom stereocenters. The molecule has 0 aliphatic carbocycles. The van der Waals surface area contributed by atoms with Crippen LogP contribution in [0.15, 0.2) is 23.1 Å². The van der Waals surface area contributed by atoms with Crippen LogP contribution in [0, 0.1) is 6.92 Å². The lowest BCUT2D eigenvalue weighted by molar-refractivity contribution is -0.120. The van der Waals surface area contributed by atoms with E-state index in [0.29, 0.717) is 25.3 Å². The normalized spacial score (nSPS) is 15.5. The molecule has 9 heteroatoms. The molecule has 0 bridgehead atoms. The molecule has 2 N–H and O–H groups in total. The van der Waals surface area contributed by atoms with E-state index in [4.69, 9.17) is 4.74 Å². The molecule has 1 aliphatic heterocycles. The minimum absolute atomic E-state index is 0.0995. The van der Waals surface area contributed by atoms with Gasteiger partial charge in [-0.1, -0.05) is 13.0 Å². The molecule has 8 nitrogen and oxygen atoms in total. The molecule has 1 aromatic rings. The van der Waals surface area contributed by atoms with Crippen LogP contribution in [0.25, 0.3) is 0 Å². The molecule has 1 fully saturated rings. The zero-order valence-corrected chi connectivity index (χ0v) is 15.9. The monoisotopic (exact) mass is 383 g/mol. The predicted octanol–water partition coefficient (Wildman–Crippen LogP) is 0.272. The maximum Gasteiger partial charge on any atom is 0.251 e. The Morgan fingerprint density at radius 3 is 2.54 bits per heavy atom. The third kappa shape index (κ3) is 5.03. The van der Waals surface area contributed by atoms with Crippen molar-refractivity contribution < 1.29 is 22.7 Å². The number of rotatable bonds is 7. The minimum Gasteiger partial charge on any atom is -0.379 e. The van der Waals surface area contributed by atoms with Crippen molar-refractivity contribution in [1.82, 2.24) is 14.9 Å². The van der Waals surface area contributed by atoms with Gasteiger partial charge in [0.1, 0.15) is 0 Å². The number of morpholine rings is 1. The van der Waals surface area contributed by atoms with E-state index in [9.17, 15) is 18.0 Å². The quantitative estimate of drug-likeness (QED) is 0.703. The van der Waals surface area contributed by atoms with Crippen LogP contribution < -0.4 is 10.6 Å². The van der Waals surface area contributed by atoms with Gasteiger partial charge in [-0.2, -0.15) is 4.31 Å². The average molecular weight is 383 g/mol. The summed E-state index contributed by atoms with van der Waals surface area (Å²) < 4.78 is 32.2. The predicted molar refractivity (Wildman–Crippen MR) is 96.4 cm³/mol. The van der Waals surface area contributed by atoms with E-state index in [2.05, 4.69) is 10.6 Å². The molecule has 144 valence electrons. The maximum absolute atomic E-state index is 12.8. The summed E-state index contributed by atoms with van der Waals surface area (Å²) in [5.74, 6) is -0.774. The Morgan fingerprint density at radius 2 is 1.88 bits per heavy atom. The molecule has 0 saturated carbocycles. The van der Waals surface area contributed by atoms with E-state index in [1.807, 2.05) is 6.92 Å². The molecule has 1 aromatic carbocycles. The van der Waals surface area contributed by atoms with Crippen molar-refractivity contribution >= 4 is 21.8 Å². The molecule has 0 radical (unpaired) electrons. The van der Waals surface area contributed by atoms with Crippen LogP contribution in [0.5, 0.6) is 0 Å². The number of benzene rings is 1. The van der Waals surface area contributed by atoms with Gasteiger partial charge >= 0.3 is 0 Å². The van der Waals surface area contributed by atoms with Gasteiger partial charge in [0.05, 0.1) is 24.7 Å². The molecule has 2 amide bonds. The van der Waals surface area contributed by atoms with Crippen molar-refractivity contribution in [3.05, 3.63) is 29.3 Å². The molecule has 0 aromatic heterocycles. The third-order valence-electron chi connectivity index (χ3n) is 4.02. The van der Waals surface area contributed by atoms with Gasteiger partial charge in [-0.25, -0.2) is 8.42 Å². The average Bonchev–Trinajstić information content (AvgIpc) is 2.65. The molecule has 0 unspecified atom stereocenters. The number of ether oxygens (including phenoxy) is 1. The van der Waals surface area contributed by atoms with Gasteiger partial charge in [0.2, 0.25) is 15.9 Å². The van der Waals surface area contributed by atoms with Gasteiger partial charge < -0.3 is 15.4 Å². The highest BCUT2D eigenvalue weighted by Crippen LogP contribution is 2.22. The molecule has 2 rings (SSSR count). The third-order valence-corrected chi connectivity index (χ3v) is 6.06. The number of carbonyl (C=O) groups excluding carboxylic acids is 2. The van der Waals surface area contributed by atoms with Crippen molar-refractivity contribution in [3.8, 4) is 0 Å². The number of amides is 2. The van der Waals surface area contributed by atoms with E-state index in [1.165, 1.54) is 10.4 Å². The van der Waals surface area contributed by atoms with Crippen LogP contribution in [0.1, 0.15) is 29.3 Å². The summed E-state index contributed by atoms with van der Waals surface area (Å²) in [6, 6.07) is 4.51. The Morgan fingerprint density at radius 1 is 1.19 bits per heavy atom. The van der Waals surface area contributed by atoms with E-state index in [0.717, 1.165) is 6.42 Å². The van der Waals surface area contributed by atoms with Gasteiger partial charge in [0.15, 0.2) is 0 Å². The lowest BCUT2D eigenvalue weighted by Gasteiger charge is -2.26. The summed E-state index contributed by atoms with van der Waals surface area (Å²) in [6.07, 6.45) is 0.806. The van der Waals surface area contributed by atoms with Crippen molar-refractivity contribution in [2.75, 3.05) is 39.4 Å². The number of aryl methyl sites for hydroxylation is 1. The van der Waals surface area contributed by atoms with E-state index >= 15 is 0 Å². The number of nitrogens with zero attached hydrogens (tertiary/aromatic N) is 1. The second-order valence-electron chi connectivity index (χ2n) is 6.03. The number of carbonyl (C=O) groups is 2. The maximum atomic E-state index is 12.8. The molecule has 0 spiro atoms. The summed E-state index contributed by atoms with van der Waals surface area (Å²) in [6.45, 7) is 5.29. The highest BCUT2D eigenvalue weighted by Gasteiger charge is 2.28. The minimum atomic E-state index is -3.70. The highest BCUT2D eigenvalue weighted by atomic mass is 32.2. The van der Waals surface area contributed by atoms with Crippen molar-refractivity contribution in [2.24, 2.45) is 0 Å². The van der Waals surface area contributed by atoms with Crippen molar-refractivity contribution in [3.63, 3.8) is 0 Å². The highest BCUT2D eigenvalue weighted by molar-refractivity contribution is 7.89. The smallest absolute Gasteiger partial charge is 0.251 e. The Kier molecular flexibility index (Phi) is 7.13. The fourth-order valence-corrected chi connectivity index (χ4v) is 4.19.